The fraction of sp³-hybridized carbons (Fsp3) is 0.583. The Morgan fingerprint density at radius 3 is 2.62 bits per heavy atom. The van der Waals surface area contributed by atoms with Gasteiger partial charge in [-0.3, -0.25) is 9.17 Å². The van der Waals surface area contributed by atoms with E-state index < -0.39 is 34.2 Å². The minimum atomic E-state index is -4.49. The SMILES string of the molecule is CS(=O)(=O)OC1CCOC(c2ccc(C(F)(F)F)nc2)C1. The second-order valence-corrected chi connectivity index (χ2v) is 6.38. The molecule has 2 unspecified atom stereocenters. The van der Waals surface area contributed by atoms with E-state index in [1.807, 2.05) is 0 Å². The molecular formula is C12H14F3NO4S. The number of alkyl halides is 3. The van der Waals surface area contributed by atoms with Gasteiger partial charge in [-0.25, -0.2) is 0 Å². The molecule has 1 fully saturated rings. The molecule has 1 saturated heterocycles. The summed E-state index contributed by atoms with van der Waals surface area (Å²) in [5, 5.41) is 0. The topological polar surface area (TPSA) is 65.5 Å². The molecule has 0 N–H and O–H groups in total. The van der Waals surface area contributed by atoms with Gasteiger partial charge in [-0.15, -0.1) is 0 Å². The molecule has 9 heteroatoms. The Balaban J connectivity index is 2.08. The van der Waals surface area contributed by atoms with Gasteiger partial charge >= 0.3 is 6.18 Å². The average Bonchev–Trinajstić information content (AvgIpc) is 2.36. The van der Waals surface area contributed by atoms with E-state index in [1.54, 1.807) is 0 Å². The highest BCUT2D eigenvalue weighted by molar-refractivity contribution is 7.86. The van der Waals surface area contributed by atoms with Crippen LogP contribution in [0.4, 0.5) is 13.2 Å². The van der Waals surface area contributed by atoms with Crippen LogP contribution in [0.5, 0.6) is 0 Å². The summed E-state index contributed by atoms with van der Waals surface area (Å²) in [6.45, 7) is 0.270. The third kappa shape index (κ3) is 4.65. The van der Waals surface area contributed by atoms with Crippen LogP contribution in [0.1, 0.15) is 30.2 Å². The lowest BCUT2D eigenvalue weighted by Crippen LogP contribution is -2.28. The number of hydrogen-bond donors (Lipinski definition) is 0. The van der Waals surface area contributed by atoms with Gasteiger partial charge in [-0.2, -0.15) is 21.6 Å². The van der Waals surface area contributed by atoms with Crippen molar-refractivity contribution in [1.82, 2.24) is 4.98 Å². The van der Waals surface area contributed by atoms with Crippen LogP contribution in [0, 0.1) is 0 Å². The Kier molecular flexibility index (Phi) is 4.54. The van der Waals surface area contributed by atoms with Crippen molar-refractivity contribution in [2.24, 2.45) is 0 Å². The highest BCUT2D eigenvalue weighted by Gasteiger charge is 2.33. The number of nitrogens with zero attached hydrogens (tertiary/aromatic N) is 1. The monoisotopic (exact) mass is 325 g/mol. The molecule has 21 heavy (non-hydrogen) atoms. The van der Waals surface area contributed by atoms with Gasteiger partial charge in [0.25, 0.3) is 10.1 Å². The van der Waals surface area contributed by atoms with E-state index >= 15 is 0 Å². The predicted octanol–water partition coefficient (Wildman–Crippen LogP) is 2.30. The first kappa shape index (κ1) is 16.2. The molecule has 0 radical (unpaired) electrons. The first-order valence-electron chi connectivity index (χ1n) is 6.18. The van der Waals surface area contributed by atoms with Crippen molar-refractivity contribution in [2.75, 3.05) is 12.9 Å². The normalized spacial score (nSPS) is 24.0. The quantitative estimate of drug-likeness (QED) is 0.798. The van der Waals surface area contributed by atoms with Gasteiger partial charge in [0.1, 0.15) is 5.69 Å². The molecule has 1 aromatic rings. The first-order chi connectivity index (χ1) is 9.65. The summed E-state index contributed by atoms with van der Waals surface area (Å²) in [7, 11) is -3.58. The summed E-state index contributed by atoms with van der Waals surface area (Å²) < 4.78 is 69.8. The van der Waals surface area contributed by atoms with Crippen molar-refractivity contribution in [3.8, 4) is 0 Å². The zero-order valence-corrected chi connectivity index (χ0v) is 11.9. The summed E-state index contributed by atoms with van der Waals surface area (Å²) in [5.41, 5.74) is -0.518. The van der Waals surface area contributed by atoms with Crippen molar-refractivity contribution in [2.45, 2.75) is 31.2 Å². The Bertz CT molecular complexity index is 586. The number of pyridine rings is 1. The van der Waals surface area contributed by atoms with Gasteiger partial charge in [-0.1, -0.05) is 6.07 Å². The lowest BCUT2D eigenvalue weighted by Gasteiger charge is -2.28. The maximum Gasteiger partial charge on any atom is 0.433 e. The Morgan fingerprint density at radius 2 is 2.10 bits per heavy atom. The summed E-state index contributed by atoms with van der Waals surface area (Å²) in [6, 6.07) is 2.16. The second kappa shape index (κ2) is 5.90. The van der Waals surface area contributed by atoms with Gasteiger partial charge < -0.3 is 4.74 Å². The summed E-state index contributed by atoms with van der Waals surface area (Å²) in [5.74, 6) is 0. The summed E-state index contributed by atoms with van der Waals surface area (Å²) in [6.07, 6.45) is -2.85. The van der Waals surface area contributed by atoms with Crippen molar-refractivity contribution >= 4 is 10.1 Å². The lowest BCUT2D eigenvalue weighted by molar-refractivity contribution is -0.141. The van der Waals surface area contributed by atoms with E-state index in [0.717, 1.165) is 18.5 Å². The zero-order valence-electron chi connectivity index (χ0n) is 11.1. The van der Waals surface area contributed by atoms with Crippen molar-refractivity contribution < 1.29 is 30.5 Å². The number of hydrogen-bond acceptors (Lipinski definition) is 5. The second-order valence-electron chi connectivity index (χ2n) is 4.78. The van der Waals surface area contributed by atoms with Gasteiger partial charge in [0, 0.05) is 19.2 Å². The van der Waals surface area contributed by atoms with Crippen LogP contribution >= 0.6 is 0 Å². The average molecular weight is 325 g/mol. The predicted molar refractivity (Wildman–Crippen MR) is 66.9 cm³/mol. The van der Waals surface area contributed by atoms with Gasteiger partial charge in [0.05, 0.1) is 18.5 Å². The van der Waals surface area contributed by atoms with Gasteiger partial charge in [0.15, 0.2) is 0 Å². The standard InChI is InChI=1S/C12H14F3NO4S/c1-21(17,18)20-9-4-5-19-10(6-9)8-2-3-11(16-7-8)12(13,14)15/h2-3,7,9-10H,4-6H2,1H3. The van der Waals surface area contributed by atoms with Crippen LogP contribution in [-0.4, -0.2) is 32.4 Å². The molecule has 0 saturated carbocycles. The fourth-order valence-corrected chi connectivity index (χ4v) is 2.77. The van der Waals surface area contributed by atoms with Crippen LogP contribution in [-0.2, 0) is 25.2 Å². The van der Waals surface area contributed by atoms with E-state index in [0.29, 0.717) is 12.0 Å². The number of rotatable bonds is 3. The van der Waals surface area contributed by atoms with E-state index in [4.69, 9.17) is 8.92 Å². The highest BCUT2D eigenvalue weighted by Crippen LogP contribution is 2.32. The molecule has 0 aliphatic carbocycles. The molecule has 0 spiro atoms. The Hall–Kier alpha value is -1.19. The minimum absolute atomic E-state index is 0.250. The number of ether oxygens (including phenoxy) is 1. The Morgan fingerprint density at radius 1 is 1.38 bits per heavy atom. The molecule has 1 aliphatic heterocycles. The molecular weight excluding hydrogens is 311 g/mol. The third-order valence-corrected chi connectivity index (χ3v) is 3.62. The van der Waals surface area contributed by atoms with Crippen LogP contribution < -0.4 is 0 Å². The minimum Gasteiger partial charge on any atom is -0.373 e. The van der Waals surface area contributed by atoms with Gasteiger partial charge in [-0.05, 0) is 18.1 Å². The van der Waals surface area contributed by atoms with Crippen LogP contribution in [0.2, 0.25) is 0 Å². The van der Waals surface area contributed by atoms with Crippen molar-refractivity contribution in [3.63, 3.8) is 0 Å². The third-order valence-electron chi connectivity index (χ3n) is 3.00. The van der Waals surface area contributed by atoms with Crippen molar-refractivity contribution in [3.05, 3.63) is 29.6 Å². The zero-order chi connectivity index (χ0) is 15.7. The van der Waals surface area contributed by atoms with Crippen molar-refractivity contribution in [1.29, 1.82) is 0 Å². The maximum absolute atomic E-state index is 12.4. The van der Waals surface area contributed by atoms with Crippen LogP contribution in [0.15, 0.2) is 18.3 Å². The molecule has 2 rings (SSSR count). The smallest absolute Gasteiger partial charge is 0.373 e. The summed E-state index contributed by atoms with van der Waals surface area (Å²) in [4.78, 5) is 3.36. The van der Waals surface area contributed by atoms with E-state index in [-0.39, 0.29) is 13.0 Å². The molecule has 0 amide bonds. The number of aromatic nitrogens is 1. The first-order valence-corrected chi connectivity index (χ1v) is 8.00. The highest BCUT2D eigenvalue weighted by atomic mass is 32.2. The largest absolute Gasteiger partial charge is 0.433 e. The molecule has 0 bridgehead atoms. The fourth-order valence-electron chi connectivity index (χ4n) is 2.10. The lowest BCUT2D eigenvalue weighted by atomic mass is 10.0. The molecule has 2 heterocycles. The van der Waals surface area contributed by atoms with Crippen LogP contribution in [0.3, 0.4) is 0 Å². The molecule has 118 valence electrons. The summed E-state index contributed by atoms with van der Waals surface area (Å²) >= 11 is 0. The van der Waals surface area contributed by atoms with E-state index in [1.165, 1.54) is 6.07 Å². The molecule has 2 atom stereocenters. The van der Waals surface area contributed by atoms with Crippen LogP contribution in [0.25, 0.3) is 0 Å². The Labute approximate surface area is 120 Å². The van der Waals surface area contributed by atoms with E-state index in [9.17, 15) is 21.6 Å². The maximum atomic E-state index is 12.4. The molecule has 5 nitrogen and oxygen atoms in total. The number of halogens is 3. The molecule has 0 aromatic carbocycles. The molecule has 1 aromatic heterocycles. The van der Waals surface area contributed by atoms with Gasteiger partial charge in [0.2, 0.25) is 0 Å². The molecule has 1 aliphatic rings. The van der Waals surface area contributed by atoms with E-state index in [2.05, 4.69) is 4.98 Å².